The number of hydrogen-bond donors (Lipinski definition) is 0. The van der Waals surface area contributed by atoms with E-state index < -0.39 is 0 Å². The molecule has 68 valence electrons. The quantitative estimate of drug-likeness (QED) is 0.615. The van der Waals surface area contributed by atoms with Gasteiger partial charge in [-0.1, -0.05) is 73.3 Å². The number of rotatable bonds is 2. The first-order valence-corrected chi connectivity index (χ1v) is 4.34. The zero-order valence-corrected chi connectivity index (χ0v) is 8.24. The fourth-order valence-electron chi connectivity index (χ4n) is 0.641. The summed E-state index contributed by atoms with van der Waals surface area (Å²) in [4.78, 5) is 0. The van der Waals surface area contributed by atoms with Gasteiger partial charge in [-0.05, 0) is 5.56 Å². The summed E-state index contributed by atoms with van der Waals surface area (Å²) in [6.45, 7) is 7.01. The van der Waals surface area contributed by atoms with Gasteiger partial charge in [0.1, 0.15) is 0 Å². The lowest BCUT2D eigenvalue weighted by molar-refractivity contribution is 1.67. The Labute approximate surface area is 84.9 Å². The van der Waals surface area contributed by atoms with Crippen LogP contribution in [-0.2, 0) is 0 Å². The van der Waals surface area contributed by atoms with E-state index in [1.807, 2.05) is 36.4 Å². The molecule has 0 nitrogen and oxygen atoms in total. The highest BCUT2D eigenvalue weighted by Gasteiger charge is 1.75. The largest absolute Gasteiger partial charge is 0.0990 e. The molecule has 0 amide bonds. The Bertz CT molecular complexity index is 260. The van der Waals surface area contributed by atoms with E-state index in [-0.39, 0.29) is 0 Å². The minimum absolute atomic E-state index is 1.17. The highest BCUT2D eigenvalue weighted by Crippen LogP contribution is 1.97. The summed E-state index contributed by atoms with van der Waals surface area (Å²) in [7, 11) is 0. The predicted molar refractivity (Wildman–Crippen MR) is 61.7 cm³/mol. The molecular formula is C12H13Cl. The summed E-state index contributed by atoms with van der Waals surface area (Å²) in [6.07, 6.45) is 5.11. The first-order chi connectivity index (χ1) is 6.35. The van der Waals surface area contributed by atoms with Crippen LogP contribution in [0.5, 0.6) is 0 Å². The molecule has 0 aliphatic heterocycles. The zero-order valence-electron chi connectivity index (χ0n) is 7.49. The van der Waals surface area contributed by atoms with Crippen molar-refractivity contribution >= 4 is 17.7 Å². The van der Waals surface area contributed by atoms with Gasteiger partial charge < -0.3 is 0 Å². The van der Waals surface area contributed by atoms with Gasteiger partial charge in [0.25, 0.3) is 0 Å². The maximum atomic E-state index is 5.05. The summed E-state index contributed by atoms with van der Waals surface area (Å²) in [5, 5.41) is 0. The second kappa shape index (κ2) is 8.82. The second-order valence-corrected chi connectivity index (χ2v) is 2.42. The molecule has 0 bridgehead atoms. The van der Waals surface area contributed by atoms with Gasteiger partial charge >= 0.3 is 0 Å². The summed E-state index contributed by atoms with van der Waals surface area (Å²) >= 11 is 5.05. The number of benzene rings is 1. The maximum absolute atomic E-state index is 5.05. The normalized spacial score (nSPS) is 8.69. The highest BCUT2D eigenvalue weighted by molar-refractivity contribution is 6.25. The second-order valence-electron chi connectivity index (χ2n) is 2.17. The molecule has 0 N–H and O–H groups in total. The first kappa shape index (κ1) is 11.7. The van der Waals surface area contributed by atoms with Crippen LogP contribution in [0.15, 0.2) is 61.2 Å². The molecule has 0 fully saturated rings. The van der Waals surface area contributed by atoms with Gasteiger partial charge in [-0.3, -0.25) is 0 Å². The Kier molecular flexibility index (Phi) is 7.96. The van der Waals surface area contributed by atoms with Crippen molar-refractivity contribution in [2.24, 2.45) is 0 Å². The van der Waals surface area contributed by atoms with Gasteiger partial charge in [-0.25, -0.2) is 0 Å². The third-order valence-electron chi connectivity index (χ3n) is 1.24. The molecule has 0 aromatic heterocycles. The van der Waals surface area contributed by atoms with Gasteiger partial charge in [0.2, 0.25) is 0 Å². The maximum Gasteiger partial charge on any atom is 0.00422 e. The number of allylic oxidation sites excluding steroid dienone is 2. The molecule has 0 radical (unpaired) electrons. The van der Waals surface area contributed by atoms with E-state index in [9.17, 15) is 0 Å². The van der Waals surface area contributed by atoms with E-state index >= 15 is 0 Å². The van der Waals surface area contributed by atoms with Crippen molar-refractivity contribution in [1.29, 1.82) is 0 Å². The minimum Gasteiger partial charge on any atom is -0.0990 e. The van der Waals surface area contributed by atoms with E-state index in [4.69, 9.17) is 11.6 Å². The molecule has 1 heteroatoms. The molecule has 13 heavy (non-hydrogen) atoms. The van der Waals surface area contributed by atoms with Gasteiger partial charge in [-0.2, -0.15) is 0 Å². The average Bonchev–Trinajstić information content (AvgIpc) is 2.21. The summed E-state index contributed by atoms with van der Waals surface area (Å²) in [6, 6.07) is 10.0. The molecule has 0 spiro atoms. The topological polar surface area (TPSA) is 0 Å². The van der Waals surface area contributed by atoms with Gasteiger partial charge in [-0.15, -0.1) is 0 Å². The van der Waals surface area contributed by atoms with Crippen molar-refractivity contribution in [3.8, 4) is 0 Å². The summed E-state index contributed by atoms with van der Waals surface area (Å²) in [5.41, 5.74) is 2.58. The summed E-state index contributed by atoms with van der Waals surface area (Å²) in [5.74, 6) is 0. The van der Waals surface area contributed by atoms with E-state index in [0.717, 1.165) is 0 Å². The zero-order chi connectivity index (χ0) is 9.94. The molecule has 0 atom stereocenters. The lowest BCUT2D eigenvalue weighted by atomic mass is 10.2. The SMILES string of the molecule is C=C/C=C/Cl.C=Cc1ccccc1. The molecule has 0 saturated carbocycles. The highest BCUT2D eigenvalue weighted by atomic mass is 35.5. The van der Waals surface area contributed by atoms with Crippen LogP contribution in [0.2, 0.25) is 0 Å². The Morgan fingerprint density at radius 3 is 1.92 bits per heavy atom. The lowest BCUT2D eigenvalue weighted by Crippen LogP contribution is -1.63. The van der Waals surface area contributed by atoms with Crippen molar-refractivity contribution in [2.75, 3.05) is 0 Å². The van der Waals surface area contributed by atoms with Crippen molar-refractivity contribution in [2.45, 2.75) is 0 Å². The van der Waals surface area contributed by atoms with Crippen LogP contribution in [-0.4, -0.2) is 0 Å². The van der Waals surface area contributed by atoms with Gasteiger partial charge in [0.15, 0.2) is 0 Å². The third kappa shape index (κ3) is 7.10. The third-order valence-corrected chi connectivity index (χ3v) is 1.39. The van der Waals surface area contributed by atoms with E-state index in [2.05, 4.69) is 13.2 Å². The monoisotopic (exact) mass is 192 g/mol. The van der Waals surface area contributed by atoms with Crippen LogP contribution in [0.25, 0.3) is 6.08 Å². The van der Waals surface area contributed by atoms with Crippen LogP contribution in [0.1, 0.15) is 5.56 Å². The fraction of sp³-hybridized carbons (Fsp3) is 0. The summed E-state index contributed by atoms with van der Waals surface area (Å²) < 4.78 is 0. The Hall–Kier alpha value is -1.27. The Balaban J connectivity index is 0.000000252. The molecule has 0 heterocycles. The van der Waals surface area contributed by atoms with Crippen molar-refractivity contribution in [3.05, 3.63) is 66.7 Å². The Morgan fingerprint density at radius 1 is 1.08 bits per heavy atom. The van der Waals surface area contributed by atoms with E-state index in [0.29, 0.717) is 0 Å². The minimum atomic E-state index is 1.17. The fourth-order valence-corrected chi connectivity index (χ4v) is 0.743. The van der Waals surface area contributed by atoms with Crippen LogP contribution >= 0.6 is 11.6 Å². The molecule has 0 aliphatic rings. The van der Waals surface area contributed by atoms with E-state index in [1.54, 1.807) is 12.2 Å². The molecule has 0 aliphatic carbocycles. The van der Waals surface area contributed by atoms with Gasteiger partial charge in [0, 0.05) is 5.54 Å². The van der Waals surface area contributed by atoms with E-state index in [1.165, 1.54) is 11.1 Å². The van der Waals surface area contributed by atoms with Crippen LogP contribution in [0, 0.1) is 0 Å². The van der Waals surface area contributed by atoms with Crippen LogP contribution < -0.4 is 0 Å². The lowest BCUT2D eigenvalue weighted by Gasteiger charge is -1.85. The molecular weight excluding hydrogens is 180 g/mol. The Morgan fingerprint density at radius 2 is 1.69 bits per heavy atom. The number of hydrogen-bond acceptors (Lipinski definition) is 0. The average molecular weight is 193 g/mol. The predicted octanol–water partition coefficient (Wildman–Crippen LogP) is 4.25. The first-order valence-electron chi connectivity index (χ1n) is 3.90. The molecule has 1 rings (SSSR count). The smallest absolute Gasteiger partial charge is 0.00422 e. The molecule has 1 aromatic rings. The molecule has 1 aromatic carbocycles. The van der Waals surface area contributed by atoms with Crippen molar-refractivity contribution in [3.63, 3.8) is 0 Å². The van der Waals surface area contributed by atoms with Crippen LogP contribution in [0.3, 0.4) is 0 Å². The van der Waals surface area contributed by atoms with Crippen LogP contribution in [0.4, 0.5) is 0 Å². The van der Waals surface area contributed by atoms with Crippen molar-refractivity contribution < 1.29 is 0 Å². The van der Waals surface area contributed by atoms with Gasteiger partial charge in [0.05, 0.1) is 0 Å². The standard InChI is InChI=1S/C8H8.C4H5Cl/c1-2-8-6-4-3-5-7-8;1-2-3-4-5/h2-7H,1H2;2-4H,1H2/b;4-3+. The molecule has 0 unspecified atom stereocenters. The molecule has 0 saturated heterocycles. The number of halogens is 1. The van der Waals surface area contributed by atoms with Crippen molar-refractivity contribution in [1.82, 2.24) is 0 Å².